The van der Waals surface area contributed by atoms with Gasteiger partial charge in [0.15, 0.2) is 24.4 Å². The van der Waals surface area contributed by atoms with Gasteiger partial charge < -0.3 is 0 Å². The lowest BCUT2D eigenvalue weighted by molar-refractivity contribution is -0.660. The first kappa shape index (κ1) is 45.9. The van der Waals surface area contributed by atoms with E-state index >= 15 is 0 Å². The number of hydrogen-bond acceptors (Lipinski definition) is 6. The number of hydrogen-bond donors (Lipinski definition) is 0. The number of nitrogens with zero attached hydrogens (tertiary/aromatic N) is 9. The van der Waals surface area contributed by atoms with Gasteiger partial charge in [0, 0.05) is 70.0 Å². The van der Waals surface area contributed by atoms with Gasteiger partial charge in [-0.3, -0.25) is 4.98 Å². The van der Waals surface area contributed by atoms with E-state index in [1.54, 1.807) is 12.5 Å². The van der Waals surface area contributed by atoms with Crippen molar-refractivity contribution in [3.8, 4) is 67.5 Å². The Balaban J connectivity index is 0.000000137. The molecule has 0 saturated heterocycles. The molecule has 0 bridgehead atoms. The van der Waals surface area contributed by atoms with Crippen LogP contribution < -0.4 is 13.7 Å². The minimum Gasteiger partial charge on any atom is -0.260 e. The van der Waals surface area contributed by atoms with Crippen LogP contribution in [-0.4, -0.2) is 29.9 Å². The van der Waals surface area contributed by atoms with Crippen LogP contribution in [0.4, 0.5) is 0 Å². The number of pyridine rings is 4. The minimum absolute atomic E-state index is 0.675. The molecule has 10 rings (SSSR count). The molecule has 3 aromatic carbocycles. The highest BCUT2D eigenvalue weighted by Gasteiger charge is 2.20. The zero-order valence-corrected chi connectivity index (χ0v) is 40.0. The van der Waals surface area contributed by atoms with Crippen molar-refractivity contribution in [1.29, 1.82) is 0 Å². The van der Waals surface area contributed by atoms with Crippen molar-refractivity contribution in [2.45, 2.75) is 66.2 Å². The molecule has 6 aromatic heterocycles. The Morgan fingerprint density at radius 1 is 0.448 bits per heavy atom. The van der Waals surface area contributed by atoms with Crippen LogP contribution in [-0.2, 0) is 21.1 Å². The topological polar surface area (TPSA) is 89.0 Å². The van der Waals surface area contributed by atoms with Gasteiger partial charge in [0.1, 0.15) is 39.1 Å². The van der Waals surface area contributed by atoms with Gasteiger partial charge in [-0.1, -0.05) is 73.5 Å². The summed E-state index contributed by atoms with van der Waals surface area (Å²) in [4.78, 5) is 26.1. The number of rotatable bonds is 7. The van der Waals surface area contributed by atoms with E-state index in [1.165, 1.54) is 93.0 Å². The fourth-order valence-corrected chi connectivity index (χ4v) is 8.94. The highest BCUT2D eigenvalue weighted by molar-refractivity contribution is 5.67. The summed E-state index contributed by atoms with van der Waals surface area (Å²) in [6, 6.07) is 44.5. The Hall–Kier alpha value is -7.65. The van der Waals surface area contributed by atoms with Crippen molar-refractivity contribution in [2.24, 2.45) is 21.1 Å². The molecule has 0 atom stereocenters. The molecule has 0 radical (unpaired) electrons. The molecule has 1 aliphatic carbocycles. The summed E-state index contributed by atoms with van der Waals surface area (Å²) < 4.78 is 6.47. The van der Waals surface area contributed by atoms with Gasteiger partial charge in [-0.25, -0.2) is 38.6 Å². The molecule has 1 fully saturated rings. The Morgan fingerprint density at radius 2 is 0.910 bits per heavy atom. The maximum atomic E-state index is 4.75. The Labute approximate surface area is 395 Å². The molecule has 1 aliphatic rings. The maximum Gasteiger partial charge on any atom is 0.212 e. The van der Waals surface area contributed by atoms with Gasteiger partial charge in [0.2, 0.25) is 17.1 Å². The van der Waals surface area contributed by atoms with Crippen LogP contribution in [0.2, 0.25) is 0 Å². The number of benzene rings is 3. The monoisotopic (exact) mass is 882 g/mol. The number of aromatic nitrogens is 9. The molecule has 0 aliphatic heterocycles. The summed E-state index contributed by atoms with van der Waals surface area (Å²) in [5.74, 6) is 2.88. The molecule has 0 unspecified atom stereocenters. The van der Waals surface area contributed by atoms with Gasteiger partial charge in [-0.2, -0.15) is 0 Å². The van der Waals surface area contributed by atoms with Crippen molar-refractivity contribution in [3.63, 3.8) is 0 Å². The molecule has 0 N–H and O–H groups in total. The fourth-order valence-electron chi connectivity index (χ4n) is 8.94. The van der Waals surface area contributed by atoms with E-state index in [2.05, 4.69) is 213 Å². The lowest BCUT2D eigenvalue weighted by Crippen LogP contribution is -2.31. The zero-order valence-electron chi connectivity index (χ0n) is 40.0. The molecule has 0 spiro atoms. The average Bonchev–Trinajstić information content (AvgIpc) is 3.89. The van der Waals surface area contributed by atoms with Crippen LogP contribution >= 0.6 is 0 Å². The molecular weight excluding hydrogens is 823 g/mol. The standard InChI is InChI=1S/C23H25N2.C18H19N4.C17H16N3/c1-17-7-3-6-10-21(17)23-14-12-20(16-25(23)2)19-11-13-22(24-15-19)18-8-4-5-9-18;1-12-7-5-6-8-16(12)17-10-9-15(11-22(17)4)18-20-13(2)19-14(3)21-18;1-13-5-3-4-6-15(13)17-8-7-14(11-20(17)2)16-9-10-18-12-19-16/h3,6-7,10-16,18H,4-5,8-9H2,1-2H3;5-11H,1-4H3;3-12H,1-2H3/q3*+1. The molecule has 9 nitrogen and oxygen atoms in total. The molecule has 67 heavy (non-hydrogen) atoms. The lowest BCUT2D eigenvalue weighted by atomic mass is 10.0. The van der Waals surface area contributed by atoms with Crippen molar-refractivity contribution in [1.82, 2.24) is 29.9 Å². The smallest absolute Gasteiger partial charge is 0.212 e. The summed E-state index contributed by atoms with van der Waals surface area (Å²) in [6.07, 6.45) is 17.0. The van der Waals surface area contributed by atoms with Crippen LogP contribution in [0.1, 0.15) is 65.6 Å². The average molecular weight is 883 g/mol. The molecule has 6 heterocycles. The first-order valence-corrected chi connectivity index (χ1v) is 23.1. The Kier molecular flexibility index (Phi) is 14.5. The van der Waals surface area contributed by atoms with Crippen molar-refractivity contribution in [3.05, 3.63) is 199 Å². The molecular formula is C58H60N9+3. The summed E-state index contributed by atoms with van der Waals surface area (Å²) in [7, 11) is 6.23. The minimum atomic E-state index is 0.675. The van der Waals surface area contributed by atoms with E-state index in [1.807, 2.05) is 33.2 Å². The largest absolute Gasteiger partial charge is 0.260 e. The van der Waals surface area contributed by atoms with Crippen molar-refractivity contribution >= 4 is 0 Å². The van der Waals surface area contributed by atoms with E-state index < -0.39 is 0 Å². The highest BCUT2D eigenvalue weighted by atomic mass is 15.0. The summed E-state index contributed by atoms with van der Waals surface area (Å²) in [5, 5.41) is 0. The van der Waals surface area contributed by atoms with Gasteiger partial charge in [0.05, 0.1) is 16.8 Å². The lowest BCUT2D eigenvalue weighted by Gasteiger charge is -2.09. The Morgan fingerprint density at radius 3 is 1.37 bits per heavy atom. The summed E-state index contributed by atoms with van der Waals surface area (Å²) >= 11 is 0. The van der Waals surface area contributed by atoms with Gasteiger partial charge in [-0.15, -0.1) is 0 Å². The van der Waals surface area contributed by atoms with E-state index in [0.717, 1.165) is 34.3 Å². The molecule has 9 heteroatoms. The van der Waals surface area contributed by atoms with E-state index in [0.29, 0.717) is 5.92 Å². The van der Waals surface area contributed by atoms with Crippen LogP contribution in [0.15, 0.2) is 165 Å². The first-order chi connectivity index (χ1) is 32.5. The Bertz CT molecular complexity index is 3100. The predicted molar refractivity (Wildman–Crippen MR) is 267 cm³/mol. The number of aryl methyl sites for hydroxylation is 8. The third-order valence-corrected chi connectivity index (χ3v) is 12.6. The third kappa shape index (κ3) is 11.1. The SMILES string of the molecule is Cc1ccccc1-c1ccc(-c2ccc(C3CCCC3)nc2)c[n+]1C.Cc1ccccc1-c1ccc(-c2ccncn2)c[n+]1C.Cc1nc(C)nc(-c2ccc(-c3ccccc3C)[n+](C)c2)n1. The maximum absolute atomic E-state index is 4.75. The van der Waals surface area contributed by atoms with Crippen molar-refractivity contribution < 1.29 is 13.7 Å². The molecule has 9 aromatic rings. The second-order valence-electron chi connectivity index (χ2n) is 17.5. The van der Waals surface area contributed by atoms with Gasteiger partial charge in [0.25, 0.3) is 0 Å². The van der Waals surface area contributed by atoms with Crippen LogP contribution in [0.5, 0.6) is 0 Å². The van der Waals surface area contributed by atoms with Gasteiger partial charge in [-0.05, 0) is 113 Å². The van der Waals surface area contributed by atoms with Crippen molar-refractivity contribution in [2.75, 3.05) is 0 Å². The summed E-state index contributed by atoms with van der Waals surface area (Å²) in [5.41, 5.74) is 17.9. The quantitative estimate of drug-likeness (QED) is 0.148. The zero-order chi connectivity index (χ0) is 46.9. The second-order valence-corrected chi connectivity index (χ2v) is 17.5. The predicted octanol–water partition coefficient (Wildman–Crippen LogP) is 11.1. The third-order valence-electron chi connectivity index (χ3n) is 12.6. The highest BCUT2D eigenvalue weighted by Crippen LogP contribution is 2.34. The van der Waals surface area contributed by atoms with Crippen LogP contribution in [0.3, 0.4) is 0 Å². The molecule has 1 saturated carbocycles. The first-order valence-electron chi connectivity index (χ1n) is 23.1. The van der Waals surface area contributed by atoms with E-state index in [-0.39, 0.29) is 0 Å². The fraction of sp³-hybridized carbons (Fsp3) is 0.224. The van der Waals surface area contributed by atoms with E-state index in [9.17, 15) is 0 Å². The summed E-state index contributed by atoms with van der Waals surface area (Å²) in [6.45, 7) is 10.2. The van der Waals surface area contributed by atoms with Crippen LogP contribution in [0, 0.1) is 34.6 Å². The normalized spacial score (nSPS) is 12.2. The van der Waals surface area contributed by atoms with Crippen LogP contribution in [0.25, 0.3) is 67.5 Å². The van der Waals surface area contributed by atoms with Gasteiger partial charge >= 0.3 is 0 Å². The second kappa shape index (κ2) is 21.1. The molecule has 334 valence electrons. The molecule has 0 amide bonds. The van der Waals surface area contributed by atoms with E-state index in [4.69, 9.17) is 4.98 Å².